The molecule has 1 aromatic heterocycles. The molecule has 1 aliphatic heterocycles. The molecule has 0 spiro atoms. The number of carbonyl (C=O) groups is 1. The fourth-order valence-electron chi connectivity index (χ4n) is 2.67. The van der Waals surface area contributed by atoms with Crippen molar-refractivity contribution < 1.29 is 9.53 Å². The van der Waals surface area contributed by atoms with Gasteiger partial charge in [-0.2, -0.15) is 0 Å². The smallest absolute Gasteiger partial charge is 0.255 e. The van der Waals surface area contributed by atoms with E-state index >= 15 is 0 Å². The first-order valence-electron chi connectivity index (χ1n) is 7.57. The Morgan fingerprint density at radius 3 is 2.70 bits per heavy atom. The fraction of sp³-hybridized carbons (Fsp3) is 0.294. The van der Waals surface area contributed by atoms with Crippen LogP contribution < -0.4 is 15.8 Å². The zero-order chi connectivity index (χ0) is 16.2. The van der Waals surface area contributed by atoms with Gasteiger partial charge < -0.3 is 19.9 Å². The number of hydrogen-bond acceptors (Lipinski definition) is 4. The second kappa shape index (κ2) is 6.66. The number of rotatable bonds is 3. The maximum absolute atomic E-state index is 12.4. The molecule has 120 valence electrons. The van der Waals surface area contributed by atoms with Crippen molar-refractivity contribution in [2.45, 2.75) is 6.92 Å². The number of para-hydroxylation sites is 2. The summed E-state index contributed by atoms with van der Waals surface area (Å²) >= 11 is 0. The lowest BCUT2D eigenvalue weighted by molar-refractivity contribution is 0.102. The highest BCUT2D eigenvalue weighted by Crippen LogP contribution is 2.26. The highest BCUT2D eigenvalue weighted by atomic mass is 16.5. The Balaban J connectivity index is 1.84. The minimum Gasteiger partial charge on any atom is -0.378 e. The van der Waals surface area contributed by atoms with Gasteiger partial charge in [0, 0.05) is 30.4 Å². The summed E-state index contributed by atoms with van der Waals surface area (Å²) in [6, 6.07) is 10.6. The minimum absolute atomic E-state index is 0.281. The van der Waals surface area contributed by atoms with E-state index in [2.05, 4.69) is 15.2 Å². The van der Waals surface area contributed by atoms with Crippen LogP contribution in [0.5, 0.6) is 0 Å². The van der Waals surface area contributed by atoms with Crippen LogP contribution in [0.25, 0.3) is 0 Å². The first-order chi connectivity index (χ1) is 11.1. The summed E-state index contributed by atoms with van der Waals surface area (Å²) in [5, 5.41) is 2.90. The molecule has 2 N–H and O–H groups in total. The number of benzene rings is 1. The summed E-state index contributed by atoms with van der Waals surface area (Å²) in [6.45, 7) is 4.68. The van der Waals surface area contributed by atoms with Gasteiger partial charge >= 0.3 is 0 Å². The molecule has 2 heterocycles. The van der Waals surface area contributed by atoms with Gasteiger partial charge in [0.05, 0.1) is 24.6 Å². The van der Waals surface area contributed by atoms with Crippen molar-refractivity contribution in [3.63, 3.8) is 0 Å². The van der Waals surface area contributed by atoms with E-state index in [0.717, 1.165) is 24.5 Å². The van der Waals surface area contributed by atoms with Crippen molar-refractivity contribution in [3.05, 3.63) is 58.0 Å². The van der Waals surface area contributed by atoms with Crippen molar-refractivity contribution in [2.24, 2.45) is 0 Å². The summed E-state index contributed by atoms with van der Waals surface area (Å²) in [6.07, 6.45) is 0. The molecule has 1 amide bonds. The number of nitrogens with zero attached hydrogens (tertiary/aromatic N) is 1. The lowest BCUT2D eigenvalue weighted by Crippen LogP contribution is -2.36. The number of aromatic amines is 1. The number of nitrogens with one attached hydrogen (secondary N) is 2. The van der Waals surface area contributed by atoms with E-state index < -0.39 is 0 Å². The molecule has 0 saturated carbocycles. The Morgan fingerprint density at radius 2 is 1.96 bits per heavy atom. The van der Waals surface area contributed by atoms with E-state index in [9.17, 15) is 9.59 Å². The number of aromatic nitrogens is 1. The van der Waals surface area contributed by atoms with Gasteiger partial charge in [0.25, 0.3) is 5.91 Å². The molecule has 0 radical (unpaired) electrons. The molecular formula is C17H19N3O3. The Labute approximate surface area is 134 Å². The maximum Gasteiger partial charge on any atom is 0.255 e. The fourth-order valence-corrected chi connectivity index (χ4v) is 2.67. The number of morpholine rings is 1. The topological polar surface area (TPSA) is 74.4 Å². The van der Waals surface area contributed by atoms with Gasteiger partial charge in [-0.05, 0) is 25.1 Å². The zero-order valence-corrected chi connectivity index (χ0v) is 13.0. The van der Waals surface area contributed by atoms with Gasteiger partial charge in [0.2, 0.25) is 5.56 Å². The third-order valence-electron chi connectivity index (χ3n) is 3.75. The average Bonchev–Trinajstić information content (AvgIpc) is 2.55. The molecule has 6 heteroatoms. The molecule has 2 aromatic rings. The highest BCUT2D eigenvalue weighted by Gasteiger charge is 2.16. The van der Waals surface area contributed by atoms with Crippen LogP contribution in [0.1, 0.15) is 16.1 Å². The number of amides is 1. The minimum atomic E-state index is -0.292. The molecular weight excluding hydrogens is 294 g/mol. The lowest BCUT2D eigenvalue weighted by atomic mass is 10.2. The maximum atomic E-state index is 12.4. The molecule has 1 aliphatic rings. The van der Waals surface area contributed by atoms with E-state index in [1.54, 1.807) is 13.0 Å². The molecule has 3 rings (SSSR count). The number of anilines is 2. The van der Waals surface area contributed by atoms with E-state index in [1.807, 2.05) is 24.3 Å². The molecule has 0 atom stereocenters. The van der Waals surface area contributed by atoms with Crippen LogP contribution in [-0.4, -0.2) is 37.2 Å². The van der Waals surface area contributed by atoms with E-state index in [1.165, 1.54) is 6.07 Å². The van der Waals surface area contributed by atoms with Crippen LogP contribution in [-0.2, 0) is 4.74 Å². The zero-order valence-electron chi connectivity index (χ0n) is 13.0. The normalized spacial score (nSPS) is 14.6. The van der Waals surface area contributed by atoms with Crippen molar-refractivity contribution >= 4 is 17.3 Å². The highest BCUT2D eigenvalue weighted by molar-refractivity contribution is 6.05. The van der Waals surface area contributed by atoms with Gasteiger partial charge in [0.1, 0.15) is 0 Å². The second-order valence-electron chi connectivity index (χ2n) is 5.49. The molecule has 6 nitrogen and oxygen atoms in total. The molecule has 0 bridgehead atoms. The Hall–Kier alpha value is -2.60. The molecule has 0 unspecified atom stereocenters. The quantitative estimate of drug-likeness (QED) is 0.906. The number of carbonyl (C=O) groups excluding carboxylic acids is 1. The molecule has 0 aliphatic carbocycles. The summed E-state index contributed by atoms with van der Waals surface area (Å²) in [5.41, 5.74) is 2.42. The van der Waals surface area contributed by atoms with Crippen molar-refractivity contribution in [3.8, 4) is 0 Å². The van der Waals surface area contributed by atoms with Crippen LogP contribution in [0.4, 0.5) is 11.4 Å². The van der Waals surface area contributed by atoms with Gasteiger partial charge in [-0.15, -0.1) is 0 Å². The summed E-state index contributed by atoms with van der Waals surface area (Å²) < 4.78 is 5.37. The summed E-state index contributed by atoms with van der Waals surface area (Å²) in [7, 11) is 0. The van der Waals surface area contributed by atoms with Crippen LogP contribution >= 0.6 is 0 Å². The van der Waals surface area contributed by atoms with Gasteiger partial charge in [-0.3, -0.25) is 9.59 Å². The monoisotopic (exact) mass is 313 g/mol. The number of H-pyrrole nitrogens is 1. The third kappa shape index (κ3) is 3.60. The Kier molecular flexibility index (Phi) is 4.43. The molecule has 23 heavy (non-hydrogen) atoms. The van der Waals surface area contributed by atoms with Gasteiger partial charge in [-0.1, -0.05) is 12.1 Å². The molecule has 1 fully saturated rings. The SMILES string of the molecule is Cc1cc(C(=O)Nc2ccccc2N2CCOCC2)cc(=O)[nH]1. The van der Waals surface area contributed by atoms with Crippen molar-refractivity contribution in [1.29, 1.82) is 0 Å². The van der Waals surface area contributed by atoms with Gasteiger partial charge in [-0.25, -0.2) is 0 Å². The first-order valence-corrected chi connectivity index (χ1v) is 7.57. The second-order valence-corrected chi connectivity index (χ2v) is 5.49. The summed E-state index contributed by atoms with van der Waals surface area (Å²) in [5.74, 6) is -0.292. The van der Waals surface area contributed by atoms with E-state index in [-0.39, 0.29) is 11.5 Å². The molecule has 1 aromatic carbocycles. The average molecular weight is 313 g/mol. The van der Waals surface area contributed by atoms with Crippen molar-refractivity contribution in [1.82, 2.24) is 4.98 Å². The van der Waals surface area contributed by atoms with E-state index in [4.69, 9.17) is 4.74 Å². The van der Waals surface area contributed by atoms with Crippen LogP contribution in [0, 0.1) is 6.92 Å². The van der Waals surface area contributed by atoms with Crippen molar-refractivity contribution in [2.75, 3.05) is 36.5 Å². The first kappa shape index (κ1) is 15.3. The third-order valence-corrected chi connectivity index (χ3v) is 3.75. The number of ether oxygens (including phenoxy) is 1. The standard InChI is InChI=1S/C17H19N3O3/c1-12-10-13(11-16(21)18-12)17(22)19-14-4-2-3-5-15(14)20-6-8-23-9-7-20/h2-5,10-11H,6-9H2,1H3,(H,18,21)(H,19,22). The number of hydrogen-bond donors (Lipinski definition) is 2. The van der Waals surface area contributed by atoms with E-state index in [0.29, 0.717) is 24.5 Å². The predicted octanol–water partition coefficient (Wildman–Crippen LogP) is 1.77. The number of aryl methyl sites for hydroxylation is 1. The summed E-state index contributed by atoms with van der Waals surface area (Å²) in [4.78, 5) is 28.8. The molecule has 1 saturated heterocycles. The predicted molar refractivity (Wildman–Crippen MR) is 89.2 cm³/mol. The number of pyridine rings is 1. The largest absolute Gasteiger partial charge is 0.378 e. The van der Waals surface area contributed by atoms with Crippen LogP contribution in [0.3, 0.4) is 0 Å². The Bertz CT molecular complexity index is 764. The lowest BCUT2D eigenvalue weighted by Gasteiger charge is -2.30. The van der Waals surface area contributed by atoms with Crippen LogP contribution in [0.2, 0.25) is 0 Å². The Morgan fingerprint density at radius 1 is 1.22 bits per heavy atom. The van der Waals surface area contributed by atoms with Crippen LogP contribution in [0.15, 0.2) is 41.2 Å². The van der Waals surface area contributed by atoms with Gasteiger partial charge in [0.15, 0.2) is 0 Å².